The van der Waals surface area contributed by atoms with E-state index in [1.54, 1.807) is 11.3 Å². The van der Waals surface area contributed by atoms with Gasteiger partial charge in [-0.1, -0.05) is 18.2 Å². The minimum atomic E-state index is -0.443. The summed E-state index contributed by atoms with van der Waals surface area (Å²) < 4.78 is 5.14. The molecule has 0 aliphatic rings. The van der Waals surface area contributed by atoms with Crippen LogP contribution in [0, 0.1) is 6.92 Å². The zero-order valence-corrected chi connectivity index (χ0v) is 11.9. The van der Waals surface area contributed by atoms with Crippen molar-refractivity contribution < 1.29 is 9.53 Å². The van der Waals surface area contributed by atoms with E-state index in [-0.39, 0.29) is 5.97 Å². The molecular formula is C15H17NO2S. The van der Waals surface area contributed by atoms with Crippen LogP contribution in [0.1, 0.15) is 23.4 Å². The quantitative estimate of drug-likeness (QED) is 0.844. The fraction of sp³-hybridized carbons (Fsp3) is 0.267. The van der Waals surface area contributed by atoms with Crippen LogP contribution in [0.25, 0.3) is 0 Å². The molecule has 19 heavy (non-hydrogen) atoms. The summed E-state index contributed by atoms with van der Waals surface area (Å²) >= 11 is 1.55. The van der Waals surface area contributed by atoms with Gasteiger partial charge in [0.15, 0.2) is 6.04 Å². The number of benzene rings is 1. The molecule has 2 rings (SSSR count). The first-order valence-corrected chi connectivity index (χ1v) is 7.12. The number of hydrogen-bond donors (Lipinski definition) is 1. The second kappa shape index (κ2) is 6.38. The largest absolute Gasteiger partial charge is 0.464 e. The lowest BCUT2D eigenvalue weighted by molar-refractivity contribution is -0.144. The summed E-state index contributed by atoms with van der Waals surface area (Å²) in [4.78, 5) is 13.0. The van der Waals surface area contributed by atoms with Crippen molar-refractivity contribution >= 4 is 23.0 Å². The zero-order valence-electron chi connectivity index (χ0n) is 11.1. The second-order valence-corrected chi connectivity index (χ2v) is 5.19. The Morgan fingerprint density at radius 1 is 1.37 bits per heavy atom. The van der Waals surface area contributed by atoms with Gasteiger partial charge in [0.05, 0.1) is 6.61 Å². The molecule has 0 radical (unpaired) electrons. The fourth-order valence-corrected chi connectivity index (χ4v) is 2.59. The van der Waals surface area contributed by atoms with E-state index in [0.29, 0.717) is 6.61 Å². The van der Waals surface area contributed by atoms with Gasteiger partial charge >= 0.3 is 5.97 Å². The summed E-state index contributed by atoms with van der Waals surface area (Å²) in [6.45, 7) is 4.22. The number of carbonyl (C=O) groups is 1. The molecule has 0 saturated carbocycles. The molecular weight excluding hydrogens is 258 g/mol. The number of rotatable bonds is 5. The van der Waals surface area contributed by atoms with E-state index in [1.807, 2.05) is 55.6 Å². The summed E-state index contributed by atoms with van der Waals surface area (Å²) in [6.07, 6.45) is 0. The van der Waals surface area contributed by atoms with Crippen LogP contribution in [0.15, 0.2) is 41.8 Å². The Morgan fingerprint density at radius 3 is 2.84 bits per heavy atom. The number of nitrogens with one attached hydrogen (secondary N) is 1. The molecule has 1 aromatic carbocycles. The number of ether oxygens (including phenoxy) is 1. The van der Waals surface area contributed by atoms with Crippen molar-refractivity contribution in [3.05, 3.63) is 52.2 Å². The van der Waals surface area contributed by atoms with E-state index in [4.69, 9.17) is 4.74 Å². The molecule has 4 heteroatoms. The lowest BCUT2D eigenvalue weighted by Crippen LogP contribution is -2.22. The van der Waals surface area contributed by atoms with Crippen molar-refractivity contribution in [3.63, 3.8) is 0 Å². The Kier molecular flexibility index (Phi) is 4.58. The summed E-state index contributed by atoms with van der Waals surface area (Å²) in [5, 5.41) is 5.20. The number of esters is 1. The van der Waals surface area contributed by atoms with Gasteiger partial charge in [-0.2, -0.15) is 0 Å². The maximum Gasteiger partial charge on any atom is 0.334 e. The lowest BCUT2D eigenvalue weighted by Gasteiger charge is -2.17. The van der Waals surface area contributed by atoms with Crippen molar-refractivity contribution in [2.45, 2.75) is 19.9 Å². The van der Waals surface area contributed by atoms with E-state index >= 15 is 0 Å². The molecule has 1 heterocycles. The van der Waals surface area contributed by atoms with Crippen LogP contribution in [-0.4, -0.2) is 12.6 Å². The van der Waals surface area contributed by atoms with E-state index < -0.39 is 6.04 Å². The molecule has 2 aromatic rings. The predicted molar refractivity (Wildman–Crippen MR) is 78.5 cm³/mol. The van der Waals surface area contributed by atoms with Gasteiger partial charge in [0, 0.05) is 10.6 Å². The molecule has 0 amide bonds. The summed E-state index contributed by atoms with van der Waals surface area (Å²) in [5.74, 6) is -0.244. The standard InChI is InChI=1S/C15H17NO2S/c1-3-18-15(17)14(13-8-5-9-19-13)16-12-7-4-6-11(2)10-12/h4-10,14,16H,3H2,1-2H3. The molecule has 1 unspecified atom stereocenters. The van der Waals surface area contributed by atoms with Crippen LogP contribution in [0.5, 0.6) is 0 Å². The Hall–Kier alpha value is -1.81. The van der Waals surface area contributed by atoms with Crippen molar-refractivity contribution in [2.24, 2.45) is 0 Å². The highest BCUT2D eigenvalue weighted by Gasteiger charge is 2.22. The zero-order chi connectivity index (χ0) is 13.7. The van der Waals surface area contributed by atoms with Gasteiger partial charge < -0.3 is 10.1 Å². The monoisotopic (exact) mass is 275 g/mol. The topological polar surface area (TPSA) is 38.3 Å². The minimum absolute atomic E-state index is 0.244. The first-order valence-electron chi connectivity index (χ1n) is 6.24. The van der Waals surface area contributed by atoms with Gasteiger partial charge in [0.1, 0.15) is 0 Å². The summed E-state index contributed by atoms with van der Waals surface area (Å²) in [6, 6.07) is 11.4. The van der Waals surface area contributed by atoms with Crippen molar-refractivity contribution in [2.75, 3.05) is 11.9 Å². The third-order valence-electron chi connectivity index (χ3n) is 2.68. The van der Waals surface area contributed by atoms with Crippen LogP contribution >= 0.6 is 11.3 Å². The first-order chi connectivity index (χ1) is 9.20. The van der Waals surface area contributed by atoms with E-state index in [1.165, 1.54) is 0 Å². The van der Waals surface area contributed by atoms with Gasteiger partial charge in [-0.3, -0.25) is 0 Å². The van der Waals surface area contributed by atoms with Gasteiger partial charge in [-0.15, -0.1) is 11.3 Å². The molecule has 0 bridgehead atoms. The third kappa shape index (κ3) is 3.58. The maximum atomic E-state index is 12.1. The van der Waals surface area contributed by atoms with Crippen LogP contribution in [0.4, 0.5) is 5.69 Å². The molecule has 0 aliphatic heterocycles. The van der Waals surface area contributed by atoms with Gasteiger partial charge in [0.25, 0.3) is 0 Å². The predicted octanol–water partition coefficient (Wildman–Crippen LogP) is 3.77. The van der Waals surface area contributed by atoms with Crippen LogP contribution < -0.4 is 5.32 Å². The first kappa shape index (κ1) is 13.6. The summed E-state index contributed by atoms with van der Waals surface area (Å²) in [5.41, 5.74) is 2.07. The SMILES string of the molecule is CCOC(=O)C(Nc1cccc(C)c1)c1cccs1. The van der Waals surface area contributed by atoms with Crippen LogP contribution in [0.3, 0.4) is 0 Å². The normalized spacial score (nSPS) is 11.9. The molecule has 1 aromatic heterocycles. The molecule has 0 saturated heterocycles. The molecule has 1 atom stereocenters. The fourth-order valence-electron chi connectivity index (χ4n) is 1.83. The van der Waals surface area contributed by atoms with E-state index in [9.17, 15) is 4.79 Å². The molecule has 0 fully saturated rings. The number of anilines is 1. The Labute approximate surface area is 117 Å². The smallest absolute Gasteiger partial charge is 0.334 e. The Morgan fingerprint density at radius 2 is 2.21 bits per heavy atom. The average Bonchev–Trinajstić information content (AvgIpc) is 2.90. The van der Waals surface area contributed by atoms with E-state index in [0.717, 1.165) is 16.1 Å². The minimum Gasteiger partial charge on any atom is -0.464 e. The Balaban J connectivity index is 2.21. The second-order valence-electron chi connectivity index (χ2n) is 4.21. The molecule has 100 valence electrons. The molecule has 0 aliphatic carbocycles. The third-order valence-corrected chi connectivity index (χ3v) is 3.62. The van der Waals surface area contributed by atoms with Crippen molar-refractivity contribution in [1.29, 1.82) is 0 Å². The lowest BCUT2D eigenvalue weighted by atomic mass is 10.2. The highest BCUT2D eigenvalue weighted by Crippen LogP contribution is 2.25. The van der Waals surface area contributed by atoms with Crippen LogP contribution in [0.2, 0.25) is 0 Å². The van der Waals surface area contributed by atoms with Gasteiger partial charge in [0.2, 0.25) is 0 Å². The van der Waals surface area contributed by atoms with E-state index in [2.05, 4.69) is 5.32 Å². The van der Waals surface area contributed by atoms with Crippen molar-refractivity contribution in [1.82, 2.24) is 0 Å². The molecule has 1 N–H and O–H groups in total. The van der Waals surface area contributed by atoms with Gasteiger partial charge in [-0.25, -0.2) is 4.79 Å². The van der Waals surface area contributed by atoms with Crippen molar-refractivity contribution in [3.8, 4) is 0 Å². The number of carbonyl (C=O) groups excluding carboxylic acids is 1. The number of hydrogen-bond acceptors (Lipinski definition) is 4. The molecule has 0 spiro atoms. The maximum absolute atomic E-state index is 12.1. The highest BCUT2D eigenvalue weighted by molar-refractivity contribution is 7.10. The highest BCUT2D eigenvalue weighted by atomic mass is 32.1. The summed E-state index contributed by atoms with van der Waals surface area (Å²) in [7, 11) is 0. The number of thiophene rings is 1. The van der Waals surface area contributed by atoms with Crippen LogP contribution in [-0.2, 0) is 9.53 Å². The Bertz CT molecular complexity index is 537. The van der Waals surface area contributed by atoms with Gasteiger partial charge in [-0.05, 0) is 43.0 Å². The average molecular weight is 275 g/mol. The molecule has 3 nitrogen and oxygen atoms in total. The number of aryl methyl sites for hydroxylation is 1.